The van der Waals surface area contributed by atoms with E-state index in [1.54, 1.807) is 6.92 Å². The van der Waals surface area contributed by atoms with Crippen LogP contribution in [0.1, 0.15) is 6.92 Å². The van der Waals surface area contributed by atoms with E-state index in [1.165, 1.54) is 0 Å². The highest BCUT2D eigenvalue weighted by Crippen LogP contribution is 2.08. The van der Waals surface area contributed by atoms with E-state index in [-0.39, 0.29) is 11.8 Å². The SMILES string of the molecule is CC1C(=O)[N]CC1O. The van der Waals surface area contributed by atoms with E-state index in [4.69, 9.17) is 5.11 Å². The van der Waals surface area contributed by atoms with Gasteiger partial charge in [-0.2, -0.15) is 0 Å². The summed E-state index contributed by atoms with van der Waals surface area (Å²) >= 11 is 0. The van der Waals surface area contributed by atoms with Crippen molar-refractivity contribution < 1.29 is 9.90 Å². The molecule has 2 unspecified atom stereocenters. The number of carbonyl (C=O) groups excluding carboxylic acids is 1. The van der Waals surface area contributed by atoms with Gasteiger partial charge in [0.15, 0.2) is 0 Å². The summed E-state index contributed by atoms with van der Waals surface area (Å²) in [5.41, 5.74) is 0. The van der Waals surface area contributed by atoms with Crippen LogP contribution in [0.2, 0.25) is 0 Å². The van der Waals surface area contributed by atoms with Crippen LogP contribution in [-0.2, 0) is 4.79 Å². The van der Waals surface area contributed by atoms with Crippen LogP contribution in [0.5, 0.6) is 0 Å². The van der Waals surface area contributed by atoms with Crippen LogP contribution in [0.25, 0.3) is 0 Å². The van der Waals surface area contributed by atoms with E-state index in [9.17, 15) is 4.79 Å². The van der Waals surface area contributed by atoms with Crippen molar-refractivity contribution in [1.29, 1.82) is 0 Å². The molecule has 8 heavy (non-hydrogen) atoms. The summed E-state index contributed by atoms with van der Waals surface area (Å²) in [5, 5.41) is 12.4. The number of carbonyl (C=O) groups is 1. The summed E-state index contributed by atoms with van der Waals surface area (Å²) in [6.45, 7) is 1.98. The molecule has 0 aromatic heterocycles. The lowest BCUT2D eigenvalue weighted by atomic mass is 10.1. The van der Waals surface area contributed by atoms with Gasteiger partial charge in [0, 0.05) is 0 Å². The summed E-state index contributed by atoms with van der Waals surface area (Å²) in [4.78, 5) is 10.5. The summed E-state index contributed by atoms with van der Waals surface area (Å²) in [6.07, 6.45) is -0.525. The maximum Gasteiger partial charge on any atom is 0.246 e. The number of hydrogen-bond acceptors (Lipinski definition) is 2. The molecule has 1 radical (unpaired) electrons. The van der Waals surface area contributed by atoms with E-state index < -0.39 is 6.10 Å². The van der Waals surface area contributed by atoms with Gasteiger partial charge in [-0.1, -0.05) is 6.92 Å². The van der Waals surface area contributed by atoms with E-state index in [1.807, 2.05) is 0 Å². The Labute approximate surface area is 47.7 Å². The Bertz CT molecular complexity index is 113. The third kappa shape index (κ3) is 0.690. The van der Waals surface area contributed by atoms with Gasteiger partial charge in [0.25, 0.3) is 0 Å². The number of aliphatic hydroxyl groups is 1. The number of aliphatic hydroxyl groups excluding tert-OH is 1. The molecule has 3 heteroatoms. The summed E-state index contributed by atoms with van der Waals surface area (Å²) in [7, 11) is 0. The lowest BCUT2D eigenvalue weighted by Crippen LogP contribution is -2.16. The molecule has 0 spiro atoms. The van der Waals surface area contributed by atoms with Crippen molar-refractivity contribution in [3.63, 3.8) is 0 Å². The van der Waals surface area contributed by atoms with Crippen LogP contribution < -0.4 is 5.32 Å². The molecule has 1 amide bonds. The minimum Gasteiger partial charge on any atom is -0.390 e. The van der Waals surface area contributed by atoms with Crippen molar-refractivity contribution >= 4 is 5.91 Å². The second-order valence-corrected chi connectivity index (χ2v) is 2.03. The normalized spacial score (nSPS) is 37.5. The molecular formula is C5H8NO2. The fourth-order valence-electron chi connectivity index (χ4n) is 0.650. The highest BCUT2D eigenvalue weighted by molar-refractivity contribution is 5.80. The molecule has 0 aromatic carbocycles. The zero-order valence-electron chi connectivity index (χ0n) is 4.66. The molecule has 0 aliphatic carbocycles. The van der Waals surface area contributed by atoms with Gasteiger partial charge in [-0.3, -0.25) is 4.79 Å². The standard InChI is InChI=1S/C5H8NO2/c1-3-4(7)2-6-5(3)8/h3-4,7H,2H2,1H3. The second kappa shape index (κ2) is 1.74. The Balaban J connectivity index is 2.56. The monoisotopic (exact) mass is 114 g/mol. The van der Waals surface area contributed by atoms with Crippen LogP contribution in [-0.4, -0.2) is 23.7 Å². The summed E-state index contributed by atoms with van der Waals surface area (Å²) in [6, 6.07) is 0. The Hall–Kier alpha value is -0.570. The zero-order chi connectivity index (χ0) is 6.15. The van der Waals surface area contributed by atoms with Crippen molar-refractivity contribution in [1.82, 2.24) is 5.32 Å². The Morgan fingerprint density at radius 2 is 2.50 bits per heavy atom. The molecule has 1 saturated heterocycles. The maximum absolute atomic E-state index is 10.5. The molecule has 2 atom stereocenters. The maximum atomic E-state index is 10.5. The van der Waals surface area contributed by atoms with Crippen molar-refractivity contribution in [3.8, 4) is 0 Å². The lowest BCUT2D eigenvalue weighted by molar-refractivity contribution is -0.123. The summed E-state index contributed by atoms with van der Waals surface area (Å²) < 4.78 is 0. The molecule has 1 rings (SSSR count). The first-order chi connectivity index (χ1) is 3.72. The highest BCUT2D eigenvalue weighted by atomic mass is 16.3. The molecule has 0 saturated carbocycles. The minimum absolute atomic E-state index is 0.169. The lowest BCUT2D eigenvalue weighted by Gasteiger charge is -1.99. The Morgan fingerprint density at radius 3 is 2.62 bits per heavy atom. The third-order valence-corrected chi connectivity index (χ3v) is 1.40. The van der Waals surface area contributed by atoms with E-state index in [2.05, 4.69) is 5.32 Å². The fourth-order valence-corrected chi connectivity index (χ4v) is 0.650. The van der Waals surface area contributed by atoms with Crippen molar-refractivity contribution in [3.05, 3.63) is 0 Å². The molecule has 3 nitrogen and oxygen atoms in total. The Kier molecular flexibility index (Phi) is 1.21. The predicted octanol–water partition coefficient (Wildman–Crippen LogP) is -0.872. The quantitative estimate of drug-likeness (QED) is 0.445. The van der Waals surface area contributed by atoms with E-state index in [0.29, 0.717) is 6.54 Å². The molecule has 1 aliphatic rings. The second-order valence-electron chi connectivity index (χ2n) is 2.03. The number of nitrogens with zero attached hydrogens (tertiary/aromatic N) is 1. The first kappa shape index (κ1) is 5.56. The van der Waals surface area contributed by atoms with Crippen LogP contribution in [0.4, 0.5) is 0 Å². The van der Waals surface area contributed by atoms with Gasteiger partial charge in [-0.25, -0.2) is 5.32 Å². The van der Waals surface area contributed by atoms with Gasteiger partial charge in [0.05, 0.1) is 18.6 Å². The van der Waals surface area contributed by atoms with Gasteiger partial charge in [-0.15, -0.1) is 0 Å². The van der Waals surface area contributed by atoms with Crippen LogP contribution >= 0.6 is 0 Å². The molecule has 0 aromatic rings. The number of rotatable bonds is 0. The van der Waals surface area contributed by atoms with Gasteiger partial charge >= 0.3 is 0 Å². The van der Waals surface area contributed by atoms with E-state index in [0.717, 1.165) is 0 Å². The highest BCUT2D eigenvalue weighted by Gasteiger charge is 2.29. The smallest absolute Gasteiger partial charge is 0.246 e. The minimum atomic E-state index is -0.525. The predicted molar refractivity (Wildman–Crippen MR) is 27.2 cm³/mol. The molecule has 1 aliphatic heterocycles. The van der Waals surface area contributed by atoms with Crippen molar-refractivity contribution in [2.75, 3.05) is 6.54 Å². The average Bonchev–Trinajstić information content (AvgIpc) is 1.98. The van der Waals surface area contributed by atoms with Crippen LogP contribution in [0.3, 0.4) is 0 Å². The van der Waals surface area contributed by atoms with Crippen LogP contribution in [0, 0.1) is 5.92 Å². The van der Waals surface area contributed by atoms with Gasteiger partial charge in [0.1, 0.15) is 0 Å². The Morgan fingerprint density at radius 1 is 1.88 bits per heavy atom. The first-order valence-corrected chi connectivity index (χ1v) is 2.61. The molecule has 45 valence electrons. The topological polar surface area (TPSA) is 51.4 Å². The molecule has 1 heterocycles. The molecule has 0 bridgehead atoms. The first-order valence-electron chi connectivity index (χ1n) is 2.61. The molecule has 1 N–H and O–H groups in total. The van der Waals surface area contributed by atoms with Crippen LogP contribution in [0.15, 0.2) is 0 Å². The zero-order valence-corrected chi connectivity index (χ0v) is 4.66. The number of hydrogen-bond donors (Lipinski definition) is 1. The van der Waals surface area contributed by atoms with Gasteiger partial charge < -0.3 is 5.11 Å². The largest absolute Gasteiger partial charge is 0.390 e. The molecular weight excluding hydrogens is 106 g/mol. The van der Waals surface area contributed by atoms with Crippen molar-refractivity contribution in [2.24, 2.45) is 5.92 Å². The van der Waals surface area contributed by atoms with Gasteiger partial charge in [0.2, 0.25) is 5.91 Å². The average molecular weight is 114 g/mol. The third-order valence-electron chi connectivity index (χ3n) is 1.40. The summed E-state index contributed by atoms with van der Waals surface area (Å²) in [5.74, 6) is -0.438. The van der Waals surface area contributed by atoms with Gasteiger partial charge in [-0.05, 0) is 0 Å². The van der Waals surface area contributed by atoms with E-state index >= 15 is 0 Å². The molecule has 1 fully saturated rings. The number of amides is 1. The fraction of sp³-hybridized carbons (Fsp3) is 0.800. The van der Waals surface area contributed by atoms with Crippen molar-refractivity contribution in [2.45, 2.75) is 13.0 Å².